The Hall–Kier alpha value is -3.93. The Morgan fingerprint density at radius 1 is 1.03 bits per heavy atom. The molecule has 3 aromatic rings. The number of carbonyl (C=O) groups excluding carboxylic acids is 1. The van der Waals surface area contributed by atoms with Crippen molar-refractivity contribution in [2.24, 2.45) is 0 Å². The van der Waals surface area contributed by atoms with Crippen molar-refractivity contribution in [2.75, 3.05) is 68.0 Å². The molecule has 12 heteroatoms. The summed E-state index contributed by atoms with van der Waals surface area (Å²) in [7, 11) is 3.67. The lowest BCUT2D eigenvalue weighted by Crippen LogP contribution is -2.46. The first-order valence-corrected chi connectivity index (χ1v) is 10.9. The lowest BCUT2D eigenvalue weighted by atomic mass is 10.1. The molecule has 5 rings (SSSR count). The molecule has 0 radical (unpaired) electrons. The van der Waals surface area contributed by atoms with Gasteiger partial charge in [0.25, 0.3) is 5.91 Å². The molecular weight excluding hydrogens is 465 g/mol. The molecule has 184 valence electrons. The Morgan fingerprint density at radius 2 is 1.71 bits per heavy atom. The topological polar surface area (TPSA) is 96.1 Å². The van der Waals surface area contributed by atoms with Gasteiger partial charge in [-0.25, -0.2) is 13.2 Å². The van der Waals surface area contributed by atoms with Crippen LogP contribution in [0.4, 0.5) is 30.2 Å². The van der Waals surface area contributed by atoms with E-state index in [4.69, 9.17) is 10.5 Å². The Labute approximate surface area is 198 Å². The van der Waals surface area contributed by atoms with E-state index in [9.17, 15) is 18.4 Å². The number of likely N-dealkylation sites (N-methyl/N-ethyl adjacent to an activating group) is 1. The van der Waals surface area contributed by atoms with Gasteiger partial charge in [-0.3, -0.25) is 19.3 Å². The number of carbonyl (C=O) groups is 1. The minimum absolute atomic E-state index is 0.0480. The number of hydrogen-bond donors (Lipinski definition) is 2. The molecule has 0 unspecified atom stereocenters. The highest BCUT2D eigenvalue weighted by atomic mass is 19.2. The second-order valence-corrected chi connectivity index (χ2v) is 8.68. The normalized spacial score (nSPS) is 15.9. The van der Waals surface area contributed by atoms with E-state index in [0.29, 0.717) is 18.6 Å². The van der Waals surface area contributed by atoms with Crippen LogP contribution in [0.2, 0.25) is 0 Å². The highest BCUT2D eigenvalue weighted by Crippen LogP contribution is 2.40. The molecule has 3 N–H and O–H groups in total. The van der Waals surface area contributed by atoms with Crippen molar-refractivity contribution in [1.29, 1.82) is 0 Å². The maximum absolute atomic E-state index is 15.4. The number of nitrogens with two attached hydrogens (primary N) is 1. The minimum Gasteiger partial charge on any atom is -0.467 e. The van der Waals surface area contributed by atoms with Crippen molar-refractivity contribution in [2.45, 2.75) is 0 Å². The van der Waals surface area contributed by atoms with E-state index >= 15 is 4.39 Å². The van der Waals surface area contributed by atoms with Crippen LogP contribution in [-0.2, 0) is 0 Å². The molecule has 35 heavy (non-hydrogen) atoms. The number of rotatable bonds is 3. The van der Waals surface area contributed by atoms with E-state index in [0.717, 1.165) is 31.3 Å². The second-order valence-electron chi connectivity index (χ2n) is 8.68. The van der Waals surface area contributed by atoms with Crippen molar-refractivity contribution >= 4 is 33.9 Å². The first-order valence-electron chi connectivity index (χ1n) is 10.9. The third-order valence-electron chi connectivity index (χ3n) is 6.32. The van der Waals surface area contributed by atoms with E-state index in [1.807, 2.05) is 11.9 Å². The maximum atomic E-state index is 15.4. The number of hydrogen-bond acceptors (Lipinski definition) is 7. The second kappa shape index (κ2) is 8.38. The summed E-state index contributed by atoms with van der Waals surface area (Å²) < 4.78 is 49.9. The van der Waals surface area contributed by atoms with E-state index in [1.54, 1.807) is 16.7 Å². The Morgan fingerprint density at radius 3 is 2.43 bits per heavy atom. The van der Waals surface area contributed by atoms with Gasteiger partial charge in [0, 0.05) is 51.6 Å². The quantitative estimate of drug-likeness (QED) is 0.544. The number of nitrogens with one attached hydrogen (secondary N) is 1. The smallest absolute Gasteiger partial charge is 0.261 e. The number of anilines is 3. The van der Waals surface area contributed by atoms with Crippen LogP contribution in [0.25, 0.3) is 10.9 Å². The zero-order valence-electron chi connectivity index (χ0n) is 19.1. The van der Waals surface area contributed by atoms with E-state index in [1.165, 1.54) is 6.20 Å². The molecule has 0 aliphatic carbocycles. The molecule has 1 amide bonds. The van der Waals surface area contributed by atoms with Crippen LogP contribution in [0.1, 0.15) is 10.4 Å². The maximum Gasteiger partial charge on any atom is 0.261 e. The van der Waals surface area contributed by atoms with Gasteiger partial charge in [0.05, 0.1) is 16.8 Å². The fraction of sp³-hybridized carbons (Fsp3) is 0.304. The van der Waals surface area contributed by atoms with Crippen molar-refractivity contribution < 1.29 is 22.7 Å². The molecule has 1 aromatic heterocycles. The summed E-state index contributed by atoms with van der Waals surface area (Å²) in [5.41, 5.74) is 4.82. The summed E-state index contributed by atoms with van der Waals surface area (Å²) in [6.07, 6.45) is 1.31. The number of ether oxygens (including phenoxy) is 1. The highest BCUT2D eigenvalue weighted by molar-refractivity contribution is 6.07. The van der Waals surface area contributed by atoms with E-state index in [2.05, 4.69) is 10.2 Å². The summed E-state index contributed by atoms with van der Waals surface area (Å²) in [6.45, 7) is 2.72. The van der Waals surface area contributed by atoms with E-state index in [-0.39, 0.29) is 40.5 Å². The summed E-state index contributed by atoms with van der Waals surface area (Å²) in [4.78, 5) is 30.3. The third kappa shape index (κ3) is 3.79. The lowest BCUT2D eigenvalue weighted by molar-refractivity contribution is 0.102. The molecule has 2 aliphatic rings. The predicted molar refractivity (Wildman–Crippen MR) is 126 cm³/mol. The number of benzene rings is 2. The highest BCUT2D eigenvalue weighted by Gasteiger charge is 2.30. The van der Waals surface area contributed by atoms with Crippen molar-refractivity contribution in [3.8, 4) is 5.75 Å². The van der Waals surface area contributed by atoms with Gasteiger partial charge in [0.15, 0.2) is 29.9 Å². The van der Waals surface area contributed by atoms with Crippen molar-refractivity contribution in [3.05, 3.63) is 57.6 Å². The fourth-order valence-electron chi connectivity index (χ4n) is 4.37. The molecule has 1 fully saturated rings. The largest absolute Gasteiger partial charge is 0.467 e. The molecule has 0 atom stereocenters. The number of halogens is 3. The number of nitrogens with zero attached hydrogens (tertiary/aromatic N) is 4. The Kier molecular flexibility index (Phi) is 5.47. The predicted octanol–water partition coefficient (Wildman–Crippen LogP) is 1.92. The van der Waals surface area contributed by atoms with Crippen LogP contribution in [0, 0.1) is 17.5 Å². The van der Waals surface area contributed by atoms with Gasteiger partial charge in [-0.1, -0.05) is 0 Å². The molecule has 0 saturated carbocycles. The van der Waals surface area contributed by atoms with Crippen molar-refractivity contribution in [3.63, 3.8) is 0 Å². The van der Waals surface area contributed by atoms with Crippen LogP contribution in [0.5, 0.6) is 5.75 Å². The van der Waals surface area contributed by atoms with Gasteiger partial charge in [-0.2, -0.15) is 0 Å². The standard InChI is InChI=1S/C23H23F3N6O3/c1-29-3-5-31(6-4-29)20-16(26)7-12-19-22(20)35-11-30(2)32(19)10-13(21(12)33)23(34)28-18-9-15(25)14(24)8-17(18)27/h7-10H,3-6,11,27H2,1-2H3,(H,28,34). The first kappa shape index (κ1) is 22.8. The number of amides is 1. The summed E-state index contributed by atoms with van der Waals surface area (Å²) >= 11 is 0. The molecule has 0 spiro atoms. The molecule has 1 saturated heterocycles. The SMILES string of the molecule is CN1CCN(c2c(F)cc3c(=O)c(C(=O)Nc4cc(F)c(F)cc4N)cn4c3c2OCN4C)CC1. The molecule has 2 aliphatic heterocycles. The van der Waals surface area contributed by atoms with Gasteiger partial charge in [-0.05, 0) is 13.1 Å². The number of piperazine rings is 1. The number of aromatic nitrogens is 1. The van der Waals surface area contributed by atoms with Gasteiger partial charge in [0.1, 0.15) is 16.8 Å². The summed E-state index contributed by atoms with van der Waals surface area (Å²) in [5.74, 6) is -3.68. The summed E-state index contributed by atoms with van der Waals surface area (Å²) in [5, 5.41) is 3.91. The average molecular weight is 488 g/mol. The fourth-order valence-corrected chi connectivity index (χ4v) is 4.37. The van der Waals surface area contributed by atoms with Gasteiger partial charge >= 0.3 is 0 Å². The number of pyridine rings is 1. The third-order valence-corrected chi connectivity index (χ3v) is 6.32. The average Bonchev–Trinajstić information content (AvgIpc) is 2.81. The minimum atomic E-state index is -1.21. The molecule has 9 nitrogen and oxygen atoms in total. The zero-order valence-corrected chi connectivity index (χ0v) is 19.1. The number of nitrogen functional groups attached to an aromatic ring is 1. The van der Waals surface area contributed by atoms with Crippen LogP contribution in [-0.4, -0.2) is 62.5 Å². The molecule has 0 bridgehead atoms. The van der Waals surface area contributed by atoms with Crippen LogP contribution in [0.3, 0.4) is 0 Å². The van der Waals surface area contributed by atoms with E-state index < -0.39 is 28.8 Å². The Balaban J connectivity index is 1.63. The van der Waals surface area contributed by atoms with Gasteiger partial charge in [-0.15, -0.1) is 0 Å². The zero-order chi connectivity index (χ0) is 25.0. The lowest BCUT2D eigenvalue weighted by Gasteiger charge is -2.37. The van der Waals surface area contributed by atoms with Gasteiger partial charge in [0.2, 0.25) is 5.43 Å². The van der Waals surface area contributed by atoms with Gasteiger partial charge < -0.3 is 25.6 Å². The monoisotopic (exact) mass is 488 g/mol. The molecule has 2 aromatic carbocycles. The Bertz CT molecular complexity index is 1420. The van der Waals surface area contributed by atoms with Crippen LogP contribution < -0.4 is 31.1 Å². The van der Waals surface area contributed by atoms with Crippen molar-refractivity contribution in [1.82, 2.24) is 9.58 Å². The first-order chi connectivity index (χ1) is 16.7. The van der Waals surface area contributed by atoms with Crippen LogP contribution in [0.15, 0.2) is 29.2 Å². The molecular formula is C23H23F3N6O3. The molecule has 3 heterocycles. The van der Waals surface area contributed by atoms with Crippen LogP contribution >= 0.6 is 0 Å². The summed E-state index contributed by atoms with van der Waals surface area (Å²) in [6, 6.07) is 2.57.